The molecule has 0 saturated carbocycles. The lowest BCUT2D eigenvalue weighted by Crippen LogP contribution is -2.24. The van der Waals surface area contributed by atoms with E-state index in [4.69, 9.17) is 14.2 Å². The van der Waals surface area contributed by atoms with E-state index >= 15 is 0 Å². The van der Waals surface area contributed by atoms with E-state index in [-0.39, 0.29) is 13.2 Å². The standard InChI is InChI=1S/C22H25NO5/c1-5-6-17-9-10-19(20(12-17)26-4)27-14-22(25)28-13-21(24)23-18-11-15(2)7-8-16(18)3/h5-12H,13-14H2,1-4H3,(H,23,24)/b6-5+. The highest BCUT2D eigenvalue weighted by molar-refractivity contribution is 5.93. The minimum absolute atomic E-state index is 0.323. The number of methoxy groups -OCH3 is 1. The third kappa shape index (κ3) is 6.16. The van der Waals surface area contributed by atoms with Crippen LogP contribution in [0.1, 0.15) is 23.6 Å². The first-order valence-corrected chi connectivity index (χ1v) is 8.89. The van der Waals surface area contributed by atoms with Gasteiger partial charge in [0.2, 0.25) is 0 Å². The van der Waals surface area contributed by atoms with E-state index in [1.54, 1.807) is 12.1 Å². The van der Waals surface area contributed by atoms with Gasteiger partial charge in [-0.25, -0.2) is 4.79 Å². The topological polar surface area (TPSA) is 73.9 Å². The molecular formula is C22H25NO5. The Morgan fingerprint density at radius 3 is 2.54 bits per heavy atom. The monoisotopic (exact) mass is 383 g/mol. The van der Waals surface area contributed by atoms with Crippen LogP contribution in [0.15, 0.2) is 42.5 Å². The van der Waals surface area contributed by atoms with E-state index in [9.17, 15) is 9.59 Å². The minimum atomic E-state index is -0.643. The molecule has 0 bridgehead atoms. The molecule has 2 aromatic rings. The van der Waals surface area contributed by atoms with Crippen LogP contribution in [-0.4, -0.2) is 32.2 Å². The molecular weight excluding hydrogens is 358 g/mol. The van der Waals surface area contributed by atoms with Gasteiger partial charge in [0.1, 0.15) is 0 Å². The molecule has 1 N–H and O–H groups in total. The van der Waals surface area contributed by atoms with Crippen molar-refractivity contribution in [2.45, 2.75) is 20.8 Å². The molecule has 6 nitrogen and oxygen atoms in total. The van der Waals surface area contributed by atoms with E-state index < -0.39 is 11.9 Å². The van der Waals surface area contributed by atoms with Crippen LogP contribution in [0.25, 0.3) is 6.08 Å². The summed E-state index contributed by atoms with van der Waals surface area (Å²) >= 11 is 0. The molecule has 0 aliphatic heterocycles. The predicted octanol–water partition coefficient (Wildman–Crippen LogP) is 3.91. The fourth-order valence-electron chi connectivity index (χ4n) is 2.48. The molecule has 6 heteroatoms. The molecule has 0 unspecified atom stereocenters. The molecule has 2 rings (SSSR count). The van der Waals surface area contributed by atoms with Crippen molar-refractivity contribution >= 4 is 23.6 Å². The summed E-state index contributed by atoms with van der Waals surface area (Å²) in [6.07, 6.45) is 3.84. The maximum absolute atomic E-state index is 12.0. The number of benzene rings is 2. The lowest BCUT2D eigenvalue weighted by Gasteiger charge is -2.12. The molecule has 2 aromatic carbocycles. The summed E-state index contributed by atoms with van der Waals surface area (Å²) in [5.74, 6) is -0.116. The zero-order valence-corrected chi connectivity index (χ0v) is 16.6. The van der Waals surface area contributed by atoms with E-state index in [0.29, 0.717) is 17.2 Å². The van der Waals surface area contributed by atoms with Crippen molar-refractivity contribution in [3.05, 3.63) is 59.2 Å². The highest BCUT2D eigenvalue weighted by atomic mass is 16.6. The molecule has 0 atom stereocenters. The maximum atomic E-state index is 12.0. The predicted molar refractivity (Wildman–Crippen MR) is 109 cm³/mol. The van der Waals surface area contributed by atoms with Gasteiger partial charge >= 0.3 is 5.97 Å². The number of anilines is 1. The number of hydrogen-bond donors (Lipinski definition) is 1. The molecule has 0 aliphatic carbocycles. The van der Waals surface area contributed by atoms with E-state index in [1.807, 2.05) is 57.2 Å². The van der Waals surface area contributed by atoms with Gasteiger partial charge in [-0.1, -0.05) is 30.4 Å². The maximum Gasteiger partial charge on any atom is 0.344 e. The van der Waals surface area contributed by atoms with Crippen molar-refractivity contribution in [3.8, 4) is 11.5 Å². The van der Waals surface area contributed by atoms with Gasteiger partial charge in [-0.05, 0) is 55.7 Å². The Hall–Kier alpha value is -3.28. The van der Waals surface area contributed by atoms with Crippen LogP contribution in [0, 0.1) is 13.8 Å². The Labute approximate surface area is 165 Å². The van der Waals surface area contributed by atoms with Crippen molar-refractivity contribution in [1.82, 2.24) is 0 Å². The Bertz CT molecular complexity index is 873. The molecule has 0 spiro atoms. The summed E-state index contributed by atoms with van der Waals surface area (Å²) in [4.78, 5) is 23.9. The Kier molecular flexibility index (Phi) is 7.63. The quantitative estimate of drug-likeness (QED) is 0.700. The van der Waals surface area contributed by atoms with Crippen LogP contribution in [-0.2, 0) is 14.3 Å². The molecule has 0 fully saturated rings. The summed E-state index contributed by atoms with van der Waals surface area (Å²) in [5, 5.41) is 2.73. The summed E-state index contributed by atoms with van der Waals surface area (Å²) < 4.78 is 15.7. The molecule has 1 amide bonds. The van der Waals surface area contributed by atoms with E-state index in [2.05, 4.69) is 5.32 Å². The largest absolute Gasteiger partial charge is 0.493 e. The smallest absolute Gasteiger partial charge is 0.344 e. The normalized spacial score (nSPS) is 10.6. The first-order valence-electron chi connectivity index (χ1n) is 8.89. The number of aryl methyl sites for hydroxylation is 2. The summed E-state index contributed by atoms with van der Waals surface area (Å²) in [7, 11) is 1.53. The van der Waals surface area contributed by atoms with Gasteiger partial charge in [-0.3, -0.25) is 4.79 Å². The summed E-state index contributed by atoms with van der Waals surface area (Å²) in [5.41, 5.74) is 3.61. The molecule has 0 heterocycles. The van der Waals surface area contributed by atoms with Gasteiger partial charge in [-0.15, -0.1) is 0 Å². The average Bonchev–Trinajstić information content (AvgIpc) is 2.68. The lowest BCUT2D eigenvalue weighted by molar-refractivity contribution is -0.149. The van der Waals surface area contributed by atoms with Gasteiger partial charge in [0.15, 0.2) is 24.7 Å². The number of amides is 1. The number of rotatable bonds is 8. The van der Waals surface area contributed by atoms with Crippen molar-refractivity contribution in [2.75, 3.05) is 25.6 Å². The van der Waals surface area contributed by atoms with Crippen molar-refractivity contribution < 1.29 is 23.8 Å². The SMILES string of the molecule is C/C=C/c1ccc(OCC(=O)OCC(=O)Nc2cc(C)ccc2C)c(OC)c1. The molecule has 28 heavy (non-hydrogen) atoms. The number of nitrogens with one attached hydrogen (secondary N) is 1. The number of allylic oxidation sites excluding steroid dienone is 1. The van der Waals surface area contributed by atoms with Crippen LogP contribution in [0.4, 0.5) is 5.69 Å². The van der Waals surface area contributed by atoms with Gasteiger partial charge in [0.05, 0.1) is 7.11 Å². The molecule has 0 aromatic heterocycles. The molecule has 0 radical (unpaired) electrons. The number of carbonyl (C=O) groups excluding carboxylic acids is 2. The Balaban J connectivity index is 1.84. The highest BCUT2D eigenvalue weighted by Gasteiger charge is 2.12. The van der Waals surface area contributed by atoms with Gasteiger partial charge in [-0.2, -0.15) is 0 Å². The second-order valence-corrected chi connectivity index (χ2v) is 6.23. The highest BCUT2D eigenvalue weighted by Crippen LogP contribution is 2.28. The average molecular weight is 383 g/mol. The third-order valence-corrected chi connectivity index (χ3v) is 3.92. The zero-order chi connectivity index (χ0) is 20.5. The number of carbonyl (C=O) groups is 2. The fraction of sp³-hybridized carbons (Fsp3) is 0.273. The number of ether oxygens (including phenoxy) is 3. The zero-order valence-electron chi connectivity index (χ0n) is 16.6. The second kappa shape index (κ2) is 10.2. The van der Waals surface area contributed by atoms with Crippen LogP contribution in [0.2, 0.25) is 0 Å². The molecule has 0 aliphatic rings. The molecule has 148 valence electrons. The summed E-state index contributed by atoms with van der Waals surface area (Å²) in [6.45, 7) is 5.04. The Morgan fingerprint density at radius 2 is 1.82 bits per heavy atom. The third-order valence-electron chi connectivity index (χ3n) is 3.92. The van der Waals surface area contributed by atoms with Gasteiger partial charge < -0.3 is 19.5 Å². The minimum Gasteiger partial charge on any atom is -0.493 e. The molecule has 0 saturated heterocycles. The van der Waals surface area contributed by atoms with Crippen LogP contribution in [0.5, 0.6) is 11.5 Å². The van der Waals surface area contributed by atoms with Gasteiger partial charge in [0, 0.05) is 5.69 Å². The van der Waals surface area contributed by atoms with Crippen molar-refractivity contribution in [1.29, 1.82) is 0 Å². The first kappa shape index (κ1) is 21.0. The van der Waals surface area contributed by atoms with Crippen LogP contribution < -0.4 is 14.8 Å². The van der Waals surface area contributed by atoms with Crippen molar-refractivity contribution in [2.24, 2.45) is 0 Å². The lowest BCUT2D eigenvalue weighted by atomic mass is 10.1. The fourth-order valence-corrected chi connectivity index (χ4v) is 2.48. The van der Waals surface area contributed by atoms with Crippen molar-refractivity contribution in [3.63, 3.8) is 0 Å². The van der Waals surface area contributed by atoms with Crippen LogP contribution >= 0.6 is 0 Å². The van der Waals surface area contributed by atoms with Gasteiger partial charge in [0.25, 0.3) is 5.91 Å². The Morgan fingerprint density at radius 1 is 1.04 bits per heavy atom. The van der Waals surface area contributed by atoms with E-state index in [1.165, 1.54) is 7.11 Å². The number of hydrogen-bond acceptors (Lipinski definition) is 5. The van der Waals surface area contributed by atoms with Crippen LogP contribution in [0.3, 0.4) is 0 Å². The second-order valence-electron chi connectivity index (χ2n) is 6.23. The summed E-state index contributed by atoms with van der Waals surface area (Å²) in [6, 6.07) is 11.1. The van der Waals surface area contributed by atoms with E-state index in [0.717, 1.165) is 16.7 Å². The number of esters is 1. The first-order chi connectivity index (χ1) is 13.4.